The van der Waals surface area contributed by atoms with E-state index in [1.165, 1.54) is 0 Å². The van der Waals surface area contributed by atoms with Crippen molar-refractivity contribution in [3.63, 3.8) is 0 Å². The molecule has 1 saturated heterocycles. The van der Waals surface area contributed by atoms with Crippen LogP contribution in [0.2, 0.25) is 0 Å². The maximum atomic E-state index is 12.4. The molecule has 20 heavy (non-hydrogen) atoms. The number of pyridine rings is 1. The Morgan fingerprint density at radius 2 is 1.95 bits per heavy atom. The molecule has 1 amide bonds. The summed E-state index contributed by atoms with van der Waals surface area (Å²) in [7, 11) is 0. The van der Waals surface area contributed by atoms with Gasteiger partial charge in [-0.25, -0.2) is 0 Å². The molecule has 0 radical (unpaired) electrons. The van der Waals surface area contributed by atoms with Gasteiger partial charge in [0.2, 0.25) is 0 Å². The van der Waals surface area contributed by atoms with Crippen LogP contribution in [0.4, 0.5) is 0 Å². The number of aromatic amines is 1. The number of piperidine rings is 1. The molecule has 1 aliphatic heterocycles. The number of rotatable bonds is 1. The first-order valence-electron chi connectivity index (χ1n) is 6.74. The van der Waals surface area contributed by atoms with Crippen LogP contribution in [0.15, 0.2) is 35.1 Å². The Kier molecular flexibility index (Phi) is 3.28. The van der Waals surface area contributed by atoms with Crippen molar-refractivity contribution in [2.75, 3.05) is 13.1 Å². The number of fused-ring (bicyclic) bond motifs is 1. The van der Waals surface area contributed by atoms with E-state index in [9.17, 15) is 14.7 Å². The maximum absolute atomic E-state index is 12.4. The number of amides is 1. The minimum Gasteiger partial charge on any atom is -0.393 e. The smallest absolute Gasteiger partial charge is 0.270 e. The Bertz CT molecular complexity index is 700. The third-order valence-electron chi connectivity index (χ3n) is 3.74. The summed E-state index contributed by atoms with van der Waals surface area (Å²) in [6.07, 6.45) is 0.849. The second-order valence-corrected chi connectivity index (χ2v) is 5.12. The third-order valence-corrected chi connectivity index (χ3v) is 3.74. The third kappa shape index (κ3) is 2.32. The summed E-state index contributed by atoms with van der Waals surface area (Å²) in [5.74, 6) is -0.181. The van der Waals surface area contributed by atoms with Gasteiger partial charge in [-0.15, -0.1) is 0 Å². The van der Waals surface area contributed by atoms with Gasteiger partial charge >= 0.3 is 0 Å². The molecule has 0 bridgehead atoms. The molecule has 2 N–H and O–H groups in total. The molecule has 2 aromatic rings. The van der Waals surface area contributed by atoms with E-state index in [0.29, 0.717) is 37.0 Å². The van der Waals surface area contributed by atoms with E-state index in [1.54, 1.807) is 23.1 Å². The van der Waals surface area contributed by atoms with Gasteiger partial charge in [-0.05, 0) is 30.4 Å². The van der Waals surface area contributed by atoms with Crippen molar-refractivity contribution < 1.29 is 9.90 Å². The lowest BCUT2D eigenvalue weighted by Crippen LogP contribution is -2.40. The lowest BCUT2D eigenvalue weighted by Gasteiger charge is -2.29. The van der Waals surface area contributed by atoms with Crippen molar-refractivity contribution in [2.24, 2.45) is 0 Å². The highest BCUT2D eigenvalue weighted by atomic mass is 16.3. The molecular weight excluding hydrogens is 256 g/mol. The summed E-state index contributed by atoms with van der Waals surface area (Å²) in [6, 6.07) is 8.91. The molecule has 5 heteroatoms. The standard InChI is InChI=1S/C15H16N2O3/c18-11-5-7-17(8-6-11)15(20)13-9-10-3-1-2-4-12(10)14(19)16-13/h1-4,9,11,18H,5-8H2,(H,16,19). The van der Waals surface area contributed by atoms with Crippen LogP contribution in [-0.4, -0.2) is 40.1 Å². The number of hydrogen-bond acceptors (Lipinski definition) is 3. The molecule has 1 aliphatic rings. The molecule has 5 nitrogen and oxygen atoms in total. The fourth-order valence-electron chi connectivity index (χ4n) is 2.57. The van der Waals surface area contributed by atoms with Gasteiger partial charge in [-0.1, -0.05) is 18.2 Å². The number of hydrogen-bond donors (Lipinski definition) is 2. The summed E-state index contributed by atoms with van der Waals surface area (Å²) in [5, 5.41) is 10.8. The summed E-state index contributed by atoms with van der Waals surface area (Å²) in [5.41, 5.74) is 0.0635. The first-order chi connectivity index (χ1) is 9.65. The largest absolute Gasteiger partial charge is 0.393 e. The van der Waals surface area contributed by atoms with Gasteiger partial charge in [0.05, 0.1) is 6.10 Å². The van der Waals surface area contributed by atoms with Gasteiger partial charge in [0.25, 0.3) is 11.5 Å². The van der Waals surface area contributed by atoms with Crippen molar-refractivity contribution >= 4 is 16.7 Å². The molecule has 1 fully saturated rings. The predicted octanol–water partition coefficient (Wildman–Crippen LogP) is 1.12. The Hall–Kier alpha value is -2.14. The van der Waals surface area contributed by atoms with E-state index in [0.717, 1.165) is 5.39 Å². The lowest BCUT2D eigenvalue weighted by atomic mass is 10.1. The highest BCUT2D eigenvalue weighted by Gasteiger charge is 2.23. The van der Waals surface area contributed by atoms with Gasteiger partial charge in [-0.2, -0.15) is 0 Å². The second kappa shape index (κ2) is 5.09. The quantitative estimate of drug-likeness (QED) is 0.817. The number of aliphatic hydroxyl groups is 1. The van der Waals surface area contributed by atoms with E-state index >= 15 is 0 Å². The Balaban J connectivity index is 1.94. The molecule has 0 atom stereocenters. The van der Waals surface area contributed by atoms with E-state index in [-0.39, 0.29) is 17.6 Å². The zero-order valence-corrected chi connectivity index (χ0v) is 11.0. The summed E-state index contributed by atoms with van der Waals surface area (Å²) in [4.78, 5) is 28.7. The van der Waals surface area contributed by atoms with Gasteiger partial charge in [0, 0.05) is 18.5 Å². The fourth-order valence-corrected chi connectivity index (χ4v) is 2.57. The minimum absolute atomic E-state index is 0.181. The molecule has 0 unspecified atom stereocenters. The Morgan fingerprint density at radius 3 is 2.70 bits per heavy atom. The number of carbonyl (C=O) groups is 1. The van der Waals surface area contributed by atoms with E-state index in [2.05, 4.69) is 4.98 Å². The second-order valence-electron chi connectivity index (χ2n) is 5.12. The predicted molar refractivity (Wildman–Crippen MR) is 75.7 cm³/mol. The summed E-state index contributed by atoms with van der Waals surface area (Å²) in [6.45, 7) is 1.05. The van der Waals surface area contributed by atoms with Crippen LogP contribution in [0.1, 0.15) is 23.3 Å². The minimum atomic E-state index is -0.324. The monoisotopic (exact) mass is 272 g/mol. The SMILES string of the molecule is O=C(c1cc2ccccc2c(=O)[nH]1)N1CCC(O)CC1. The summed E-state index contributed by atoms with van der Waals surface area (Å²) < 4.78 is 0. The van der Waals surface area contributed by atoms with Gasteiger partial charge in [0.1, 0.15) is 5.69 Å². The van der Waals surface area contributed by atoms with Crippen molar-refractivity contribution in [2.45, 2.75) is 18.9 Å². The normalized spacial score (nSPS) is 16.6. The first-order valence-corrected chi connectivity index (χ1v) is 6.74. The maximum Gasteiger partial charge on any atom is 0.270 e. The van der Waals surface area contributed by atoms with Crippen molar-refractivity contribution in [1.82, 2.24) is 9.88 Å². The Morgan fingerprint density at radius 1 is 1.25 bits per heavy atom. The number of nitrogens with one attached hydrogen (secondary N) is 1. The average molecular weight is 272 g/mol. The number of aliphatic hydroxyl groups excluding tert-OH is 1. The van der Waals surface area contributed by atoms with E-state index in [4.69, 9.17) is 0 Å². The number of nitrogens with zero attached hydrogens (tertiary/aromatic N) is 1. The molecule has 2 heterocycles. The molecular formula is C15H16N2O3. The van der Waals surface area contributed by atoms with Crippen LogP contribution in [0.5, 0.6) is 0 Å². The van der Waals surface area contributed by atoms with Crippen molar-refractivity contribution in [1.29, 1.82) is 0 Å². The van der Waals surface area contributed by atoms with Crippen LogP contribution in [0.25, 0.3) is 10.8 Å². The molecule has 3 rings (SSSR count). The van der Waals surface area contributed by atoms with Gasteiger partial charge < -0.3 is 15.0 Å². The van der Waals surface area contributed by atoms with Gasteiger partial charge in [-0.3, -0.25) is 9.59 Å². The average Bonchev–Trinajstić information content (AvgIpc) is 2.47. The zero-order valence-electron chi connectivity index (χ0n) is 11.0. The number of benzene rings is 1. The van der Waals surface area contributed by atoms with E-state index < -0.39 is 0 Å². The number of carbonyl (C=O) groups excluding carboxylic acids is 1. The number of H-pyrrole nitrogens is 1. The zero-order chi connectivity index (χ0) is 14.1. The fraction of sp³-hybridized carbons (Fsp3) is 0.333. The number of likely N-dealkylation sites (tertiary alicyclic amines) is 1. The molecule has 0 spiro atoms. The molecule has 0 saturated carbocycles. The van der Waals surface area contributed by atoms with Crippen molar-refractivity contribution in [3.05, 3.63) is 46.4 Å². The van der Waals surface area contributed by atoms with Gasteiger partial charge in [0.15, 0.2) is 0 Å². The van der Waals surface area contributed by atoms with Crippen LogP contribution < -0.4 is 5.56 Å². The molecule has 1 aromatic carbocycles. The molecule has 1 aromatic heterocycles. The first kappa shape index (κ1) is 12.9. The van der Waals surface area contributed by atoms with Crippen LogP contribution in [0, 0.1) is 0 Å². The van der Waals surface area contributed by atoms with Crippen LogP contribution in [0.3, 0.4) is 0 Å². The summed E-state index contributed by atoms with van der Waals surface area (Å²) >= 11 is 0. The topological polar surface area (TPSA) is 73.4 Å². The highest BCUT2D eigenvalue weighted by Crippen LogP contribution is 2.15. The highest BCUT2D eigenvalue weighted by molar-refractivity contribution is 5.96. The van der Waals surface area contributed by atoms with Crippen LogP contribution >= 0.6 is 0 Å². The molecule has 0 aliphatic carbocycles. The van der Waals surface area contributed by atoms with Crippen LogP contribution in [-0.2, 0) is 0 Å². The Labute approximate surface area is 115 Å². The lowest BCUT2D eigenvalue weighted by molar-refractivity contribution is 0.0541. The van der Waals surface area contributed by atoms with Crippen molar-refractivity contribution in [3.8, 4) is 0 Å². The number of aromatic nitrogens is 1. The van der Waals surface area contributed by atoms with E-state index in [1.807, 2.05) is 12.1 Å². The molecule has 104 valence electrons.